The van der Waals surface area contributed by atoms with Crippen molar-refractivity contribution in [3.05, 3.63) is 36.3 Å². The molecule has 1 amide bonds. The Bertz CT molecular complexity index is 664. The van der Waals surface area contributed by atoms with Gasteiger partial charge in [-0.2, -0.15) is 0 Å². The molecule has 0 saturated carbocycles. The Labute approximate surface area is 100 Å². The Morgan fingerprint density at radius 2 is 2.18 bits per heavy atom. The number of para-hydroxylation sites is 1. The lowest BCUT2D eigenvalue weighted by Crippen LogP contribution is -1.96. The molecule has 2 heterocycles. The van der Waals surface area contributed by atoms with Gasteiger partial charge in [-0.05, 0) is 6.07 Å². The van der Waals surface area contributed by atoms with Gasteiger partial charge in [0, 0.05) is 17.0 Å². The van der Waals surface area contributed by atoms with Crippen molar-refractivity contribution < 1.29 is 4.79 Å². The number of carbonyl (C=O) groups excluding carboxylic acids is 1. The van der Waals surface area contributed by atoms with Crippen molar-refractivity contribution >= 4 is 38.2 Å². The molecule has 0 N–H and O–H groups in total. The molecular weight excluding hydrogens is 234 g/mol. The van der Waals surface area contributed by atoms with Gasteiger partial charge < -0.3 is 0 Å². The van der Waals surface area contributed by atoms with E-state index < -0.39 is 0 Å². The average molecular weight is 243 g/mol. The minimum Gasteiger partial charge on any atom is -0.272 e. The van der Waals surface area contributed by atoms with E-state index in [2.05, 4.69) is 15.0 Å². The summed E-state index contributed by atoms with van der Waals surface area (Å²) >= 11 is 0. The van der Waals surface area contributed by atoms with E-state index in [1.54, 1.807) is 11.7 Å². The van der Waals surface area contributed by atoms with Crippen molar-refractivity contribution in [3.63, 3.8) is 0 Å². The van der Waals surface area contributed by atoms with Gasteiger partial charge in [0.05, 0.1) is 16.8 Å². The second-order valence-electron chi connectivity index (χ2n) is 3.65. The zero-order valence-electron chi connectivity index (χ0n) is 8.91. The molecule has 1 aromatic heterocycles. The lowest BCUT2D eigenvalue weighted by atomic mass is 10.2. The normalized spacial score (nSPS) is 19.3. The SMILES string of the molecule is O=C1CS(=Cc2ncc3ccccc3n2)C=N1. The Morgan fingerprint density at radius 1 is 1.29 bits per heavy atom. The summed E-state index contributed by atoms with van der Waals surface area (Å²) in [6, 6.07) is 7.83. The number of rotatable bonds is 1. The highest BCUT2D eigenvalue weighted by molar-refractivity contribution is 8.27. The fourth-order valence-electron chi connectivity index (χ4n) is 1.59. The van der Waals surface area contributed by atoms with Crippen molar-refractivity contribution in [2.24, 2.45) is 4.99 Å². The Hall–Kier alpha value is -1.88. The van der Waals surface area contributed by atoms with E-state index in [4.69, 9.17) is 0 Å². The molecule has 1 aliphatic rings. The van der Waals surface area contributed by atoms with Gasteiger partial charge in [-0.3, -0.25) is 4.79 Å². The topological polar surface area (TPSA) is 55.2 Å². The third-order valence-electron chi connectivity index (χ3n) is 2.39. The van der Waals surface area contributed by atoms with Crippen LogP contribution >= 0.6 is 10.5 Å². The highest BCUT2D eigenvalue weighted by Crippen LogP contribution is 2.16. The van der Waals surface area contributed by atoms with E-state index >= 15 is 0 Å². The smallest absolute Gasteiger partial charge is 0.256 e. The molecule has 2 aromatic rings. The number of aliphatic imine (C=N–C) groups is 1. The first-order chi connectivity index (χ1) is 8.31. The molecule has 84 valence electrons. The van der Waals surface area contributed by atoms with E-state index in [0.29, 0.717) is 11.6 Å². The number of amides is 1. The van der Waals surface area contributed by atoms with Crippen LogP contribution in [0.4, 0.5) is 0 Å². The predicted molar refractivity (Wildman–Crippen MR) is 70.7 cm³/mol. The molecule has 4 nitrogen and oxygen atoms in total. The maximum atomic E-state index is 11.0. The number of nitrogens with zero attached hydrogens (tertiary/aromatic N) is 3. The van der Waals surface area contributed by atoms with Crippen molar-refractivity contribution in [2.45, 2.75) is 0 Å². The van der Waals surface area contributed by atoms with Crippen LogP contribution in [0.1, 0.15) is 5.82 Å². The van der Waals surface area contributed by atoms with Crippen LogP contribution in [-0.4, -0.2) is 32.5 Å². The Balaban J connectivity index is 2.01. The van der Waals surface area contributed by atoms with Crippen LogP contribution in [0.15, 0.2) is 35.5 Å². The Kier molecular flexibility index (Phi) is 2.53. The van der Waals surface area contributed by atoms with Gasteiger partial charge >= 0.3 is 0 Å². The largest absolute Gasteiger partial charge is 0.272 e. The number of carbonyl (C=O) groups is 1. The van der Waals surface area contributed by atoms with Crippen LogP contribution in [0.5, 0.6) is 0 Å². The van der Waals surface area contributed by atoms with Gasteiger partial charge in [0.15, 0.2) is 5.82 Å². The lowest BCUT2D eigenvalue weighted by molar-refractivity contribution is -0.115. The highest BCUT2D eigenvalue weighted by atomic mass is 32.2. The average Bonchev–Trinajstić information content (AvgIpc) is 2.75. The molecule has 1 atom stereocenters. The van der Waals surface area contributed by atoms with Crippen LogP contribution in [0.2, 0.25) is 0 Å². The van der Waals surface area contributed by atoms with Crippen LogP contribution in [-0.2, 0) is 4.79 Å². The van der Waals surface area contributed by atoms with Crippen molar-refractivity contribution in [2.75, 3.05) is 5.75 Å². The lowest BCUT2D eigenvalue weighted by Gasteiger charge is -1.98. The number of hydrogen-bond donors (Lipinski definition) is 0. The van der Waals surface area contributed by atoms with Gasteiger partial charge in [-0.15, -0.1) is 10.5 Å². The number of hydrogen-bond acceptors (Lipinski definition) is 3. The van der Waals surface area contributed by atoms with E-state index in [1.165, 1.54) is 0 Å². The molecule has 0 fully saturated rings. The summed E-state index contributed by atoms with van der Waals surface area (Å²) in [6.45, 7) is 0. The fraction of sp³-hybridized carbons (Fsp3) is 0.0833. The van der Waals surface area contributed by atoms with Crippen molar-refractivity contribution in [3.8, 4) is 0 Å². The van der Waals surface area contributed by atoms with Crippen LogP contribution in [0.25, 0.3) is 10.9 Å². The van der Waals surface area contributed by atoms with Gasteiger partial charge in [0.1, 0.15) is 0 Å². The highest BCUT2D eigenvalue weighted by Gasteiger charge is 2.09. The monoisotopic (exact) mass is 243 g/mol. The zero-order chi connectivity index (χ0) is 11.7. The van der Waals surface area contributed by atoms with Gasteiger partial charge in [0.2, 0.25) is 0 Å². The molecular formula is C12H9N3OS. The van der Waals surface area contributed by atoms with Crippen LogP contribution in [0.3, 0.4) is 0 Å². The first kappa shape index (κ1) is 10.3. The minimum atomic E-state index is -0.242. The fourth-order valence-corrected chi connectivity index (χ4v) is 2.81. The molecule has 0 spiro atoms. The molecule has 17 heavy (non-hydrogen) atoms. The van der Waals surface area contributed by atoms with Gasteiger partial charge in [-0.25, -0.2) is 15.0 Å². The van der Waals surface area contributed by atoms with E-state index in [-0.39, 0.29) is 16.4 Å². The van der Waals surface area contributed by atoms with Gasteiger partial charge in [0.25, 0.3) is 5.91 Å². The first-order valence-corrected chi connectivity index (χ1v) is 6.65. The molecule has 1 aliphatic heterocycles. The molecule has 5 heteroatoms. The van der Waals surface area contributed by atoms with E-state index in [1.807, 2.05) is 29.6 Å². The number of aromatic nitrogens is 2. The summed E-state index contributed by atoms with van der Waals surface area (Å²) in [6.07, 6.45) is 1.80. The summed E-state index contributed by atoms with van der Waals surface area (Å²) in [5, 5.41) is 2.92. The molecule has 3 rings (SSSR count). The van der Waals surface area contributed by atoms with Crippen molar-refractivity contribution in [1.82, 2.24) is 9.97 Å². The first-order valence-electron chi connectivity index (χ1n) is 5.13. The molecule has 0 radical (unpaired) electrons. The van der Waals surface area contributed by atoms with E-state index in [9.17, 15) is 4.79 Å². The quantitative estimate of drug-likeness (QED) is 0.715. The summed E-state index contributed by atoms with van der Waals surface area (Å²) in [4.78, 5) is 23.4. The summed E-state index contributed by atoms with van der Waals surface area (Å²) in [5.74, 6) is 1.05. The Morgan fingerprint density at radius 3 is 3.00 bits per heavy atom. The maximum Gasteiger partial charge on any atom is 0.256 e. The summed E-state index contributed by atoms with van der Waals surface area (Å²) in [7, 11) is -0.242. The third kappa shape index (κ3) is 2.14. The predicted octanol–water partition coefficient (Wildman–Crippen LogP) is 1.62. The number of fused-ring (bicyclic) bond motifs is 1. The molecule has 0 saturated heterocycles. The third-order valence-corrected chi connectivity index (χ3v) is 3.86. The van der Waals surface area contributed by atoms with Crippen LogP contribution < -0.4 is 0 Å². The van der Waals surface area contributed by atoms with Crippen LogP contribution in [0, 0.1) is 0 Å². The summed E-state index contributed by atoms with van der Waals surface area (Å²) < 4.78 is 0. The minimum absolute atomic E-state index is 0.0645. The van der Waals surface area contributed by atoms with Gasteiger partial charge in [-0.1, -0.05) is 18.2 Å². The maximum absolute atomic E-state index is 11.0. The molecule has 1 unspecified atom stereocenters. The number of benzene rings is 1. The standard InChI is InChI=1S/C12H9N3OS/c16-12-7-17(8-14-12)6-11-13-5-9-3-1-2-4-10(9)15-11/h1-6,8H,7H2. The molecule has 0 aliphatic carbocycles. The van der Waals surface area contributed by atoms with E-state index in [0.717, 1.165) is 10.9 Å². The second kappa shape index (κ2) is 4.18. The second-order valence-corrected chi connectivity index (χ2v) is 5.32. The zero-order valence-corrected chi connectivity index (χ0v) is 9.72. The van der Waals surface area contributed by atoms with Crippen molar-refractivity contribution in [1.29, 1.82) is 0 Å². The molecule has 0 bridgehead atoms. The summed E-state index contributed by atoms with van der Waals surface area (Å²) in [5.41, 5.74) is 2.60. The molecule has 1 aromatic carbocycles.